The number of rotatable bonds is 8. The van der Waals surface area contributed by atoms with Crippen molar-refractivity contribution in [3.63, 3.8) is 0 Å². The van der Waals surface area contributed by atoms with E-state index in [-0.39, 0.29) is 11.9 Å². The normalized spacial score (nSPS) is 12.0. The third-order valence-corrected chi connectivity index (χ3v) is 3.58. The molecule has 1 amide bonds. The number of nitrogens with zero attached hydrogens (tertiary/aromatic N) is 1. The smallest absolute Gasteiger partial charge is 0.222 e. The number of aryl methyl sites for hydroxylation is 1. The highest BCUT2D eigenvalue weighted by Crippen LogP contribution is 2.25. The monoisotopic (exact) mass is 292 g/mol. The number of hydrogen-bond donors (Lipinski definition) is 1. The van der Waals surface area contributed by atoms with Gasteiger partial charge in [-0.25, -0.2) is 0 Å². The Hall–Kier alpha value is -1.55. The van der Waals surface area contributed by atoms with Crippen molar-refractivity contribution in [2.75, 3.05) is 20.7 Å². The van der Waals surface area contributed by atoms with Crippen LogP contribution in [0.1, 0.15) is 37.3 Å². The number of amides is 1. The summed E-state index contributed by atoms with van der Waals surface area (Å²) in [6.45, 7) is 4.69. The molecule has 0 fully saturated rings. The molecule has 1 unspecified atom stereocenters. The van der Waals surface area contributed by atoms with E-state index in [9.17, 15) is 4.79 Å². The second-order valence-electron chi connectivity index (χ2n) is 5.68. The summed E-state index contributed by atoms with van der Waals surface area (Å²) in [4.78, 5) is 13.1. The number of para-hydroxylation sites is 1. The van der Waals surface area contributed by atoms with Gasteiger partial charge < -0.3 is 15.4 Å². The van der Waals surface area contributed by atoms with Crippen molar-refractivity contribution < 1.29 is 9.53 Å². The third-order valence-electron chi connectivity index (χ3n) is 3.58. The number of nitrogens with two attached hydrogens (primary N) is 1. The molecule has 1 aromatic carbocycles. The van der Waals surface area contributed by atoms with E-state index in [0.717, 1.165) is 36.1 Å². The lowest BCUT2D eigenvalue weighted by molar-refractivity contribution is -0.128. The molecule has 1 rings (SSSR count). The molecule has 0 spiro atoms. The summed E-state index contributed by atoms with van der Waals surface area (Å²) in [5, 5.41) is 0. The van der Waals surface area contributed by atoms with E-state index < -0.39 is 0 Å². The first kappa shape index (κ1) is 17.5. The zero-order valence-corrected chi connectivity index (χ0v) is 13.7. The maximum Gasteiger partial charge on any atom is 0.222 e. The molecule has 1 aromatic rings. The lowest BCUT2D eigenvalue weighted by atomic mass is 10.0. The highest BCUT2D eigenvalue weighted by molar-refractivity contribution is 5.75. The molecule has 0 radical (unpaired) electrons. The molecule has 0 aliphatic rings. The molecular formula is C17H28N2O2. The van der Waals surface area contributed by atoms with Gasteiger partial charge in [0.05, 0.1) is 6.61 Å². The maximum absolute atomic E-state index is 11.5. The topological polar surface area (TPSA) is 55.6 Å². The third kappa shape index (κ3) is 5.76. The van der Waals surface area contributed by atoms with Gasteiger partial charge in [0.1, 0.15) is 5.75 Å². The van der Waals surface area contributed by atoms with Gasteiger partial charge in [-0.2, -0.15) is 0 Å². The van der Waals surface area contributed by atoms with Gasteiger partial charge >= 0.3 is 0 Å². The number of hydrogen-bond acceptors (Lipinski definition) is 3. The van der Waals surface area contributed by atoms with E-state index in [2.05, 4.69) is 13.0 Å². The minimum absolute atomic E-state index is 0.136. The van der Waals surface area contributed by atoms with Crippen LogP contribution in [-0.2, 0) is 11.2 Å². The molecule has 4 heteroatoms. The summed E-state index contributed by atoms with van der Waals surface area (Å²) in [6, 6.07) is 6.31. The van der Waals surface area contributed by atoms with Crippen LogP contribution in [0.25, 0.3) is 0 Å². The quantitative estimate of drug-likeness (QED) is 0.749. The second kappa shape index (κ2) is 8.67. The number of carbonyl (C=O) groups excluding carboxylic acids is 1. The molecule has 2 N–H and O–H groups in total. The van der Waals surface area contributed by atoms with Crippen LogP contribution in [0.3, 0.4) is 0 Å². The molecule has 0 bridgehead atoms. The van der Waals surface area contributed by atoms with Gasteiger partial charge in [-0.15, -0.1) is 0 Å². The van der Waals surface area contributed by atoms with Crippen LogP contribution < -0.4 is 10.5 Å². The number of carbonyl (C=O) groups is 1. The lowest BCUT2D eigenvalue weighted by Gasteiger charge is -2.17. The van der Waals surface area contributed by atoms with E-state index >= 15 is 0 Å². The SMILES string of the molecule is CCC(N)Cc1cccc(C)c1OCCCC(=O)N(C)C. The Morgan fingerprint density at radius 2 is 2.10 bits per heavy atom. The number of benzene rings is 1. The Balaban J connectivity index is 2.59. The molecule has 0 aliphatic carbocycles. The van der Waals surface area contributed by atoms with Crippen LogP contribution in [-0.4, -0.2) is 37.6 Å². The minimum Gasteiger partial charge on any atom is -0.493 e. The Bertz CT molecular complexity index is 458. The molecule has 4 nitrogen and oxygen atoms in total. The molecule has 0 aromatic heterocycles. The fourth-order valence-electron chi connectivity index (χ4n) is 2.13. The fraction of sp³-hybridized carbons (Fsp3) is 0.588. The van der Waals surface area contributed by atoms with Crippen LogP contribution in [0, 0.1) is 6.92 Å². The zero-order valence-electron chi connectivity index (χ0n) is 13.7. The molecule has 0 saturated carbocycles. The summed E-state index contributed by atoms with van der Waals surface area (Å²) < 4.78 is 5.92. The molecular weight excluding hydrogens is 264 g/mol. The first-order valence-electron chi connectivity index (χ1n) is 7.62. The Morgan fingerprint density at radius 3 is 2.71 bits per heavy atom. The van der Waals surface area contributed by atoms with E-state index in [1.165, 1.54) is 0 Å². The number of ether oxygens (including phenoxy) is 1. The Kier molecular flexibility index (Phi) is 7.23. The first-order valence-corrected chi connectivity index (χ1v) is 7.62. The molecule has 0 aliphatic heterocycles. The van der Waals surface area contributed by atoms with E-state index in [1.54, 1.807) is 19.0 Å². The Morgan fingerprint density at radius 1 is 1.38 bits per heavy atom. The van der Waals surface area contributed by atoms with Crippen molar-refractivity contribution in [1.82, 2.24) is 4.90 Å². The van der Waals surface area contributed by atoms with Crippen molar-refractivity contribution in [2.24, 2.45) is 5.73 Å². The van der Waals surface area contributed by atoms with Crippen molar-refractivity contribution in [3.05, 3.63) is 29.3 Å². The van der Waals surface area contributed by atoms with E-state index in [1.807, 2.05) is 19.1 Å². The molecule has 0 saturated heterocycles. The van der Waals surface area contributed by atoms with Gasteiger partial charge in [0.2, 0.25) is 5.91 Å². The largest absolute Gasteiger partial charge is 0.493 e. The Labute approximate surface area is 128 Å². The van der Waals surface area contributed by atoms with Crippen LogP contribution >= 0.6 is 0 Å². The van der Waals surface area contributed by atoms with Gasteiger partial charge in [-0.1, -0.05) is 25.1 Å². The predicted octanol–water partition coefficient (Wildman–Crippen LogP) is 2.52. The van der Waals surface area contributed by atoms with E-state index in [4.69, 9.17) is 10.5 Å². The molecule has 21 heavy (non-hydrogen) atoms. The average Bonchev–Trinajstić information content (AvgIpc) is 2.45. The standard InChI is InChI=1S/C17H28N2O2/c1-5-15(18)12-14-9-6-8-13(2)17(14)21-11-7-10-16(20)19(3)4/h6,8-9,15H,5,7,10-12,18H2,1-4H3. The van der Waals surface area contributed by atoms with Crippen molar-refractivity contribution in [1.29, 1.82) is 0 Å². The first-order chi connectivity index (χ1) is 9.95. The van der Waals surface area contributed by atoms with Crippen LogP contribution in [0.5, 0.6) is 5.75 Å². The van der Waals surface area contributed by atoms with Crippen LogP contribution in [0.15, 0.2) is 18.2 Å². The predicted molar refractivity (Wildman–Crippen MR) is 86.6 cm³/mol. The van der Waals surface area contributed by atoms with Gasteiger partial charge in [0.25, 0.3) is 0 Å². The van der Waals surface area contributed by atoms with E-state index in [0.29, 0.717) is 13.0 Å². The van der Waals surface area contributed by atoms with Crippen molar-refractivity contribution in [2.45, 2.75) is 45.6 Å². The van der Waals surface area contributed by atoms with Gasteiger partial charge in [0.15, 0.2) is 0 Å². The van der Waals surface area contributed by atoms with Gasteiger partial charge in [-0.05, 0) is 37.3 Å². The summed E-state index contributed by atoms with van der Waals surface area (Å²) >= 11 is 0. The van der Waals surface area contributed by atoms with Crippen LogP contribution in [0.2, 0.25) is 0 Å². The summed E-state index contributed by atoms with van der Waals surface area (Å²) in [7, 11) is 3.55. The van der Waals surface area contributed by atoms with Gasteiger partial charge in [-0.3, -0.25) is 4.79 Å². The lowest BCUT2D eigenvalue weighted by Crippen LogP contribution is -2.22. The summed E-state index contributed by atoms with van der Waals surface area (Å²) in [5.74, 6) is 1.07. The minimum atomic E-state index is 0.136. The average molecular weight is 292 g/mol. The molecule has 118 valence electrons. The zero-order chi connectivity index (χ0) is 15.8. The molecule has 0 heterocycles. The van der Waals surface area contributed by atoms with Crippen LogP contribution in [0.4, 0.5) is 0 Å². The summed E-state index contributed by atoms with van der Waals surface area (Å²) in [5.41, 5.74) is 8.32. The second-order valence-corrected chi connectivity index (χ2v) is 5.68. The highest BCUT2D eigenvalue weighted by Gasteiger charge is 2.11. The van der Waals surface area contributed by atoms with Crippen molar-refractivity contribution >= 4 is 5.91 Å². The molecule has 1 atom stereocenters. The highest BCUT2D eigenvalue weighted by atomic mass is 16.5. The maximum atomic E-state index is 11.5. The summed E-state index contributed by atoms with van der Waals surface area (Å²) in [6.07, 6.45) is 3.02. The van der Waals surface area contributed by atoms with Crippen molar-refractivity contribution in [3.8, 4) is 5.75 Å². The van der Waals surface area contributed by atoms with Gasteiger partial charge in [0, 0.05) is 26.6 Å². The fourth-order valence-corrected chi connectivity index (χ4v) is 2.13.